The van der Waals surface area contributed by atoms with Crippen molar-refractivity contribution in [3.8, 4) is 5.75 Å². The molecule has 0 spiro atoms. The molecule has 0 aliphatic heterocycles. The minimum absolute atomic E-state index is 0.273. The van der Waals surface area contributed by atoms with Crippen LogP contribution in [0.2, 0.25) is 0 Å². The summed E-state index contributed by atoms with van der Waals surface area (Å²) < 4.78 is 19.5. The van der Waals surface area contributed by atoms with E-state index in [1.165, 1.54) is 18.3 Å². The number of hydrogen-bond acceptors (Lipinski definition) is 3. The van der Waals surface area contributed by atoms with E-state index >= 15 is 0 Å². The van der Waals surface area contributed by atoms with Crippen molar-refractivity contribution in [1.29, 1.82) is 0 Å². The van der Waals surface area contributed by atoms with Crippen LogP contribution in [-0.2, 0) is 6.61 Å². The van der Waals surface area contributed by atoms with Gasteiger partial charge >= 0.3 is 0 Å². The second-order valence-corrected chi connectivity index (χ2v) is 5.02. The molecule has 0 fully saturated rings. The van der Waals surface area contributed by atoms with Crippen molar-refractivity contribution in [1.82, 2.24) is 0 Å². The van der Waals surface area contributed by atoms with Crippen LogP contribution >= 0.6 is 22.6 Å². The highest BCUT2D eigenvalue weighted by molar-refractivity contribution is 14.1. The first-order valence-corrected chi connectivity index (χ1v) is 6.61. The number of hydrogen-bond donors (Lipinski definition) is 1. The Balaban J connectivity index is 2.07. The van der Waals surface area contributed by atoms with Crippen LogP contribution in [0.25, 0.3) is 0 Å². The molecule has 3 nitrogen and oxygen atoms in total. The molecule has 0 amide bonds. The SMILES string of the molecule is O/N=C\c1ccc(OCc2cccc(F)c2)c(I)c1. The maximum absolute atomic E-state index is 13.0. The fourth-order valence-electron chi connectivity index (χ4n) is 1.57. The Morgan fingerprint density at radius 3 is 2.79 bits per heavy atom. The Hall–Kier alpha value is -1.63. The lowest BCUT2D eigenvalue weighted by atomic mass is 10.2. The van der Waals surface area contributed by atoms with Gasteiger partial charge in [-0.05, 0) is 64.0 Å². The van der Waals surface area contributed by atoms with E-state index in [4.69, 9.17) is 9.94 Å². The van der Waals surface area contributed by atoms with E-state index in [9.17, 15) is 4.39 Å². The zero-order valence-corrected chi connectivity index (χ0v) is 12.0. The molecule has 19 heavy (non-hydrogen) atoms. The minimum atomic E-state index is -0.273. The van der Waals surface area contributed by atoms with Crippen LogP contribution in [-0.4, -0.2) is 11.4 Å². The Morgan fingerprint density at radius 2 is 2.11 bits per heavy atom. The predicted octanol–water partition coefficient (Wildman–Crippen LogP) is 3.82. The third-order valence-corrected chi connectivity index (χ3v) is 3.29. The third kappa shape index (κ3) is 3.92. The van der Waals surface area contributed by atoms with Crippen molar-refractivity contribution in [2.24, 2.45) is 5.16 Å². The van der Waals surface area contributed by atoms with Gasteiger partial charge < -0.3 is 9.94 Å². The zero-order valence-electron chi connectivity index (χ0n) is 9.88. The number of nitrogens with zero attached hydrogens (tertiary/aromatic N) is 1. The molecule has 0 aliphatic carbocycles. The van der Waals surface area contributed by atoms with Gasteiger partial charge in [-0.3, -0.25) is 0 Å². The molecule has 0 atom stereocenters. The Morgan fingerprint density at radius 1 is 1.26 bits per heavy atom. The van der Waals surface area contributed by atoms with Gasteiger partial charge in [-0.2, -0.15) is 0 Å². The Kier molecular flexibility index (Phi) is 4.73. The average Bonchev–Trinajstić information content (AvgIpc) is 2.38. The summed E-state index contributed by atoms with van der Waals surface area (Å²) in [5, 5.41) is 11.4. The van der Waals surface area contributed by atoms with Crippen molar-refractivity contribution >= 4 is 28.8 Å². The summed E-state index contributed by atoms with van der Waals surface area (Å²) in [6, 6.07) is 11.7. The van der Waals surface area contributed by atoms with Gasteiger partial charge in [0, 0.05) is 0 Å². The quantitative estimate of drug-likeness (QED) is 0.384. The average molecular weight is 371 g/mol. The highest BCUT2D eigenvalue weighted by Gasteiger charge is 2.03. The van der Waals surface area contributed by atoms with E-state index in [1.807, 2.05) is 12.1 Å². The lowest BCUT2D eigenvalue weighted by molar-refractivity contribution is 0.303. The number of oxime groups is 1. The number of halogens is 2. The summed E-state index contributed by atoms with van der Waals surface area (Å²) in [5.41, 5.74) is 1.56. The summed E-state index contributed by atoms with van der Waals surface area (Å²) in [6.07, 6.45) is 1.35. The standard InChI is InChI=1S/C14H11FINO2/c15-12-3-1-2-11(6-12)9-19-14-5-4-10(8-17-18)7-13(14)16/h1-8,18H,9H2/b17-8-. The summed E-state index contributed by atoms with van der Waals surface area (Å²) in [7, 11) is 0. The van der Waals surface area contributed by atoms with Crippen molar-refractivity contribution in [3.63, 3.8) is 0 Å². The normalized spacial score (nSPS) is 10.8. The molecule has 0 aromatic heterocycles. The molecule has 0 radical (unpaired) electrons. The van der Waals surface area contributed by atoms with Gasteiger partial charge in [0.05, 0.1) is 9.78 Å². The molecular weight excluding hydrogens is 360 g/mol. The van der Waals surface area contributed by atoms with E-state index in [1.54, 1.807) is 18.2 Å². The molecule has 2 aromatic rings. The fraction of sp³-hybridized carbons (Fsp3) is 0.0714. The summed E-state index contributed by atoms with van der Waals surface area (Å²) in [5.74, 6) is 0.435. The van der Waals surface area contributed by atoms with Gasteiger partial charge in [0.1, 0.15) is 18.2 Å². The summed E-state index contributed by atoms with van der Waals surface area (Å²) in [6.45, 7) is 0.307. The van der Waals surface area contributed by atoms with E-state index < -0.39 is 0 Å². The van der Waals surface area contributed by atoms with Crippen LogP contribution in [0.4, 0.5) is 4.39 Å². The first-order valence-electron chi connectivity index (χ1n) is 5.53. The zero-order chi connectivity index (χ0) is 13.7. The van der Waals surface area contributed by atoms with Crippen LogP contribution < -0.4 is 4.74 Å². The van der Waals surface area contributed by atoms with Crippen molar-refractivity contribution in [2.75, 3.05) is 0 Å². The van der Waals surface area contributed by atoms with Crippen molar-refractivity contribution in [2.45, 2.75) is 6.61 Å². The molecular formula is C14H11FINO2. The molecule has 0 bridgehead atoms. The highest BCUT2D eigenvalue weighted by atomic mass is 127. The number of rotatable bonds is 4. The second kappa shape index (κ2) is 6.51. The minimum Gasteiger partial charge on any atom is -0.488 e. The van der Waals surface area contributed by atoms with E-state index in [0.717, 1.165) is 14.7 Å². The molecule has 2 rings (SSSR count). The Bertz CT molecular complexity index is 602. The molecule has 5 heteroatoms. The van der Waals surface area contributed by atoms with Gasteiger partial charge in [-0.1, -0.05) is 17.3 Å². The molecule has 0 aliphatic rings. The highest BCUT2D eigenvalue weighted by Crippen LogP contribution is 2.22. The largest absolute Gasteiger partial charge is 0.488 e. The lowest BCUT2D eigenvalue weighted by Crippen LogP contribution is -1.98. The molecule has 0 unspecified atom stereocenters. The maximum Gasteiger partial charge on any atom is 0.133 e. The van der Waals surface area contributed by atoms with Gasteiger partial charge in [0.25, 0.3) is 0 Å². The van der Waals surface area contributed by atoms with E-state index in [0.29, 0.717) is 12.4 Å². The topological polar surface area (TPSA) is 41.8 Å². The van der Waals surface area contributed by atoms with Crippen molar-refractivity contribution in [3.05, 3.63) is 63.0 Å². The van der Waals surface area contributed by atoms with E-state index in [-0.39, 0.29) is 5.82 Å². The molecule has 0 heterocycles. The predicted molar refractivity (Wildman–Crippen MR) is 79.3 cm³/mol. The Labute approximate surface area is 123 Å². The second-order valence-electron chi connectivity index (χ2n) is 3.85. The van der Waals surface area contributed by atoms with Gasteiger partial charge in [-0.25, -0.2) is 4.39 Å². The molecule has 2 aromatic carbocycles. The molecule has 1 N–H and O–H groups in total. The first kappa shape index (κ1) is 13.8. The summed E-state index contributed by atoms with van der Waals surface area (Å²) >= 11 is 2.13. The molecule has 0 saturated carbocycles. The smallest absolute Gasteiger partial charge is 0.133 e. The van der Waals surface area contributed by atoms with Crippen LogP contribution in [0.5, 0.6) is 5.75 Å². The van der Waals surface area contributed by atoms with Gasteiger partial charge in [-0.15, -0.1) is 0 Å². The van der Waals surface area contributed by atoms with Crippen LogP contribution in [0, 0.1) is 9.39 Å². The maximum atomic E-state index is 13.0. The van der Waals surface area contributed by atoms with Crippen LogP contribution in [0.1, 0.15) is 11.1 Å². The molecule has 98 valence electrons. The number of benzene rings is 2. The monoisotopic (exact) mass is 371 g/mol. The summed E-state index contributed by atoms with van der Waals surface area (Å²) in [4.78, 5) is 0. The lowest BCUT2D eigenvalue weighted by Gasteiger charge is -2.08. The van der Waals surface area contributed by atoms with Crippen molar-refractivity contribution < 1.29 is 14.3 Å². The number of ether oxygens (including phenoxy) is 1. The van der Waals surface area contributed by atoms with Gasteiger partial charge in [0.15, 0.2) is 0 Å². The molecule has 0 saturated heterocycles. The van der Waals surface area contributed by atoms with Crippen LogP contribution in [0.15, 0.2) is 47.6 Å². The van der Waals surface area contributed by atoms with Gasteiger partial charge in [0.2, 0.25) is 0 Å². The fourth-order valence-corrected chi connectivity index (χ4v) is 2.26. The third-order valence-electron chi connectivity index (χ3n) is 2.45. The van der Waals surface area contributed by atoms with E-state index in [2.05, 4.69) is 27.7 Å². The van der Waals surface area contributed by atoms with Crippen LogP contribution in [0.3, 0.4) is 0 Å². The first-order chi connectivity index (χ1) is 9.19.